The second kappa shape index (κ2) is 11.0. The fourth-order valence-corrected chi connectivity index (χ4v) is 0. The fourth-order valence-electron chi connectivity index (χ4n) is 0. The van der Waals surface area contributed by atoms with Gasteiger partial charge in [-0.05, 0) is 0 Å². The van der Waals surface area contributed by atoms with Crippen molar-refractivity contribution >= 4 is 18.2 Å². The van der Waals surface area contributed by atoms with Crippen molar-refractivity contribution in [3.8, 4) is 0 Å². The predicted molar refractivity (Wildman–Crippen MR) is 34.1 cm³/mol. The van der Waals surface area contributed by atoms with Crippen LogP contribution in [0.15, 0.2) is 0 Å². The molecule has 10 N–H and O–H groups in total. The van der Waals surface area contributed by atoms with Crippen LogP contribution in [0, 0.1) is 0 Å². The Kier molecular flexibility index (Phi) is 24.7. The Morgan fingerprint density at radius 1 is 1.15 bits per heavy atom. The van der Waals surface area contributed by atoms with Crippen LogP contribution in [0.25, 0.3) is 0 Å². The maximum absolute atomic E-state index is 8.66. The van der Waals surface area contributed by atoms with E-state index in [0.717, 1.165) is 0 Å². The zero-order valence-corrected chi connectivity index (χ0v) is 10.9. The van der Waals surface area contributed by atoms with E-state index in [1.165, 1.54) is 0 Å². The second-order valence-corrected chi connectivity index (χ2v) is 2.69. The van der Waals surface area contributed by atoms with Crippen LogP contribution in [0.4, 0.5) is 0 Å². The van der Waals surface area contributed by atoms with Gasteiger partial charge in [-0.3, -0.25) is 4.55 Å². The van der Waals surface area contributed by atoms with E-state index in [1.807, 2.05) is 0 Å². The zero-order chi connectivity index (χ0) is 9.00. The Labute approximate surface area is 96.6 Å². The molecule has 0 spiro atoms. The molecule has 0 rings (SSSR count). The van der Waals surface area contributed by atoms with Gasteiger partial charge in [-0.25, -0.2) is 8.42 Å². The molecule has 0 amide bonds. The minimum absolute atomic E-state index is 0. The Hall–Kier alpha value is 0.900. The number of phosphoric acid groups is 1. The van der Waals surface area contributed by atoms with Crippen molar-refractivity contribution in [2.45, 2.75) is 0 Å². The van der Waals surface area contributed by atoms with E-state index in [4.69, 9.17) is 36.8 Å². The molecule has 0 radical (unpaired) electrons. The normalized spacial score (nSPS) is 9.00. The molecule has 0 atom stereocenters. The van der Waals surface area contributed by atoms with Crippen molar-refractivity contribution in [1.29, 1.82) is 0 Å². The molecule has 0 aromatic carbocycles. The van der Waals surface area contributed by atoms with Gasteiger partial charge in [-0.2, -0.15) is 0 Å². The third-order valence-electron chi connectivity index (χ3n) is 0. The summed E-state index contributed by atoms with van der Waals surface area (Å²) >= 11 is 0. The van der Waals surface area contributed by atoms with Crippen LogP contribution in [0.3, 0.4) is 0 Å². The van der Waals surface area contributed by atoms with Crippen LogP contribution in [0.1, 0.15) is 0 Å². The molecule has 0 aromatic heterocycles. The van der Waals surface area contributed by atoms with Gasteiger partial charge in [0.1, 0.15) is 0 Å². The molecule has 13 heteroatoms. The summed E-state index contributed by atoms with van der Waals surface area (Å²) in [4.78, 5) is 24.3. The topological polar surface area (TPSA) is 234 Å². The smallest absolute Gasteiger partial charge is 0.790 e. The summed E-state index contributed by atoms with van der Waals surface area (Å²) < 4.78 is 41.5. The SMILES string of the molecule is O=P([O-])([O-])O.O=S(=O)([O-])O.[NH4+].[NH4+].[Na+]. The molecule has 10 nitrogen and oxygen atoms in total. The van der Waals surface area contributed by atoms with Gasteiger partial charge < -0.3 is 36.1 Å². The van der Waals surface area contributed by atoms with Crippen molar-refractivity contribution in [1.82, 2.24) is 12.3 Å². The van der Waals surface area contributed by atoms with E-state index in [2.05, 4.69) is 0 Å². The summed E-state index contributed by atoms with van der Waals surface area (Å²) in [6.07, 6.45) is 0. The van der Waals surface area contributed by atoms with E-state index in [9.17, 15) is 0 Å². The Bertz CT molecular complexity index is 200. The first kappa shape index (κ1) is 29.2. The largest absolute Gasteiger partial charge is 1.00 e. The van der Waals surface area contributed by atoms with Crippen LogP contribution in [0.2, 0.25) is 0 Å². The molecule has 80 valence electrons. The molecule has 0 aliphatic heterocycles. The van der Waals surface area contributed by atoms with Crippen LogP contribution < -0.4 is 51.6 Å². The molecule has 0 saturated carbocycles. The quantitative estimate of drug-likeness (QED) is 0.140. The van der Waals surface area contributed by atoms with E-state index >= 15 is 0 Å². The minimum atomic E-state index is -5.14. The molecule has 13 heavy (non-hydrogen) atoms. The van der Waals surface area contributed by atoms with E-state index in [1.54, 1.807) is 0 Å². The Balaban J connectivity index is -0.0000000267. The molecule has 0 saturated heterocycles. The van der Waals surface area contributed by atoms with Gasteiger partial charge in [0.05, 0.1) is 7.82 Å². The standard InChI is InChI=1S/2H3N.Na.H3O4P.H2O4S/c;;;2*1-5(2,3)4/h2*1H3;;(H3,1,2,3,4);(H2,1,2,3,4)/q;;+1;;/p-1. The second-order valence-electron chi connectivity index (χ2n) is 0.896. The third kappa shape index (κ3) is 1890. The molecule has 0 heterocycles. The molecule has 0 aliphatic carbocycles. The molecule has 0 bridgehead atoms. The third-order valence-corrected chi connectivity index (χ3v) is 0. The van der Waals surface area contributed by atoms with Crippen molar-refractivity contribution in [3.63, 3.8) is 0 Å². The maximum atomic E-state index is 8.66. The van der Waals surface area contributed by atoms with Crippen molar-refractivity contribution in [3.05, 3.63) is 0 Å². The average molecular weight is 252 g/mol. The number of hydrogen-bond donors (Lipinski definition) is 4. The average Bonchev–Trinajstić information content (AvgIpc) is 1.12. The first-order valence-corrected chi connectivity index (χ1v) is 4.29. The number of hydrogen-bond acceptors (Lipinski definition) is 6. The minimum Gasteiger partial charge on any atom is -0.790 e. The molecule has 0 aliphatic rings. The van der Waals surface area contributed by atoms with Crippen LogP contribution >= 0.6 is 7.82 Å². The number of rotatable bonds is 0. The van der Waals surface area contributed by atoms with Gasteiger partial charge in [-0.15, -0.1) is 0 Å². The monoisotopic (exact) mass is 252 g/mol. The molecular formula is H10N2NaO8PS. The summed E-state index contributed by atoms with van der Waals surface area (Å²) in [5.74, 6) is 0. The van der Waals surface area contributed by atoms with Crippen molar-refractivity contribution in [2.24, 2.45) is 0 Å². The van der Waals surface area contributed by atoms with Gasteiger partial charge in [0.2, 0.25) is 10.4 Å². The molecular weight excluding hydrogens is 242 g/mol. The van der Waals surface area contributed by atoms with Crippen LogP contribution in [-0.4, -0.2) is 22.4 Å². The zero-order valence-electron chi connectivity index (χ0n) is 7.20. The van der Waals surface area contributed by atoms with Gasteiger partial charge >= 0.3 is 29.6 Å². The fraction of sp³-hybridized carbons (Fsp3) is 0. The molecule has 0 aromatic rings. The number of quaternary nitrogens is 2. The molecule has 0 fully saturated rings. The van der Waals surface area contributed by atoms with Gasteiger partial charge in [-0.1, -0.05) is 0 Å². The van der Waals surface area contributed by atoms with E-state index in [0.29, 0.717) is 0 Å². The van der Waals surface area contributed by atoms with Crippen molar-refractivity contribution < 1.29 is 66.3 Å². The van der Waals surface area contributed by atoms with Gasteiger partial charge in [0.15, 0.2) is 0 Å². The molecule has 0 unspecified atom stereocenters. The Morgan fingerprint density at radius 3 is 1.15 bits per heavy atom. The predicted octanol–water partition coefficient (Wildman–Crippen LogP) is -5.43. The summed E-state index contributed by atoms with van der Waals surface area (Å²) in [6.45, 7) is 0. The Morgan fingerprint density at radius 2 is 1.15 bits per heavy atom. The van der Waals surface area contributed by atoms with Crippen LogP contribution in [-0.2, 0) is 15.0 Å². The first-order valence-electron chi connectivity index (χ1n) is 1.43. The van der Waals surface area contributed by atoms with Crippen LogP contribution in [0.5, 0.6) is 0 Å². The maximum Gasteiger partial charge on any atom is 1.00 e. The van der Waals surface area contributed by atoms with E-state index in [-0.39, 0.29) is 41.9 Å². The van der Waals surface area contributed by atoms with E-state index < -0.39 is 18.2 Å². The summed E-state index contributed by atoms with van der Waals surface area (Å²) in [6, 6.07) is 0. The van der Waals surface area contributed by atoms with Gasteiger partial charge in [0, 0.05) is 0 Å². The summed E-state index contributed by atoms with van der Waals surface area (Å²) in [5.41, 5.74) is 0. The van der Waals surface area contributed by atoms with Crippen molar-refractivity contribution in [2.75, 3.05) is 0 Å². The summed E-state index contributed by atoms with van der Waals surface area (Å²) in [5, 5.41) is 0. The van der Waals surface area contributed by atoms with Gasteiger partial charge in [0.25, 0.3) is 0 Å². The first-order chi connectivity index (χ1) is 4.00. The summed E-state index contributed by atoms with van der Waals surface area (Å²) in [7, 11) is -10.1.